The van der Waals surface area contributed by atoms with Gasteiger partial charge in [-0.3, -0.25) is 24.6 Å². The van der Waals surface area contributed by atoms with Crippen LogP contribution in [-0.4, -0.2) is 42.4 Å². The van der Waals surface area contributed by atoms with Gasteiger partial charge in [0.2, 0.25) is 0 Å². The van der Waals surface area contributed by atoms with Gasteiger partial charge in [-0.05, 0) is 82.8 Å². The number of nitrogens with one attached hydrogen (secondary N) is 2. The van der Waals surface area contributed by atoms with E-state index in [1.807, 2.05) is 22.6 Å². The number of carbonyl (C=O) groups is 4. The number of imide groups is 2. The average Bonchev–Trinajstić information content (AvgIpc) is 3.38. The molecule has 37 heavy (non-hydrogen) atoms. The molecule has 0 aliphatic carbocycles. The zero-order chi connectivity index (χ0) is 26.5. The Balaban J connectivity index is 1.51. The monoisotopic (exact) mass is 619 g/mol. The number of hydrogen-bond donors (Lipinski definition) is 2. The third-order valence-electron chi connectivity index (χ3n) is 5.12. The lowest BCUT2D eigenvalue weighted by Crippen LogP contribution is -2.53. The number of carbonyl (C=O) groups excluding carboxylic acids is 4. The third kappa shape index (κ3) is 6.14. The number of rotatable bonds is 8. The Morgan fingerprint density at radius 3 is 2.62 bits per heavy atom. The second kappa shape index (κ2) is 11.2. The van der Waals surface area contributed by atoms with Crippen LogP contribution in [-0.2, 0) is 20.9 Å². The Hall–Kier alpha value is -4.20. The van der Waals surface area contributed by atoms with Gasteiger partial charge in [0.25, 0.3) is 17.7 Å². The lowest BCUT2D eigenvalue weighted by atomic mass is 10.1. The normalized spacial score (nSPS) is 14.5. The Morgan fingerprint density at radius 1 is 1.19 bits per heavy atom. The van der Waals surface area contributed by atoms with E-state index in [0.717, 1.165) is 4.90 Å². The molecule has 10 nitrogen and oxygen atoms in total. The van der Waals surface area contributed by atoms with Gasteiger partial charge in [-0.2, -0.15) is 0 Å². The van der Waals surface area contributed by atoms with Crippen molar-refractivity contribution in [2.75, 3.05) is 19.0 Å². The summed E-state index contributed by atoms with van der Waals surface area (Å²) in [4.78, 5) is 50.7. The maximum atomic E-state index is 13.0. The molecular weight excluding hydrogens is 600 g/mol. The molecule has 2 aromatic carbocycles. The second-order valence-electron chi connectivity index (χ2n) is 7.67. The van der Waals surface area contributed by atoms with Crippen molar-refractivity contribution in [2.24, 2.45) is 0 Å². The maximum absolute atomic E-state index is 13.0. The van der Waals surface area contributed by atoms with Crippen LogP contribution in [0.2, 0.25) is 0 Å². The van der Waals surface area contributed by atoms with E-state index in [2.05, 4.69) is 10.6 Å². The van der Waals surface area contributed by atoms with E-state index in [0.29, 0.717) is 20.6 Å². The van der Waals surface area contributed by atoms with Crippen molar-refractivity contribution in [1.82, 2.24) is 10.2 Å². The molecule has 1 fully saturated rings. The number of nitrogens with zero attached hydrogens (tertiary/aromatic N) is 1. The Labute approximate surface area is 223 Å². The van der Waals surface area contributed by atoms with E-state index in [-0.39, 0.29) is 30.2 Å². The molecule has 0 atom stereocenters. The number of furan rings is 1. The largest absolute Gasteiger partial charge is 0.493 e. The number of hydrogen-bond acceptors (Lipinski definition) is 7. The fourth-order valence-electron chi connectivity index (χ4n) is 3.39. The minimum Gasteiger partial charge on any atom is -0.493 e. The number of anilines is 1. The second-order valence-corrected chi connectivity index (χ2v) is 8.83. The number of benzene rings is 2. The van der Waals surface area contributed by atoms with Crippen molar-refractivity contribution in [3.8, 4) is 11.5 Å². The van der Waals surface area contributed by atoms with Gasteiger partial charge in [0.1, 0.15) is 17.2 Å². The van der Waals surface area contributed by atoms with Crippen LogP contribution < -0.4 is 20.1 Å². The smallest absolute Gasteiger partial charge is 0.331 e. The highest BCUT2D eigenvalue weighted by molar-refractivity contribution is 14.1. The summed E-state index contributed by atoms with van der Waals surface area (Å²) in [5.41, 5.74) is 0.583. The summed E-state index contributed by atoms with van der Waals surface area (Å²) in [6.07, 6.45) is 2.74. The van der Waals surface area contributed by atoms with E-state index in [1.165, 1.54) is 49.8 Å². The molecule has 4 rings (SSSR count). The summed E-state index contributed by atoms with van der Waals surface area (Å²) in [7, 11) is 1.40. The molecule has 0 unspecified atom stereocenters. The molecule has 0 radical (unpaired) electrons. The predicted octanol–water partition coefficient (Wildman–Crippen LogP) is 3.71. The molecule has 2 N–H and O–H groups in total. The molecular formula is C25H19FIN3O7. The summed E-state index contributed by atoms with van der Waals surface area (Å²) in [5, 5.41) is 4.74. The van der Waals surface area contributed by atoms with Crippen molar-refractivity contribution >= 4 is 58.1 Å². The van der Waals surface area contributed by atoms with Crippen LogP contribution in [0.1, 0.15) is 11.3 Å². The van der Waals surface area contributed by atoms with Crippen molar-refractivity contribution < 1.29 is 37.5 Å². The number of ether oxygens (including phenoxy) is 2. The van der Waals surface area contributed by atoms with Crippen LogP contribution >= 0.6 is 22.6 Å². The molecule has 3 aromatic rings. The van der Waals surface area contributed by atoms with E-state index < -0.39 is 29.6 Å². The summed E-state index contributed by atoms with van der Waals surface area (Å²) >= 11 is 1.97. The highest BCUT2D eigenvalue weighted by Gasteiger charge is 2.36. The van der Waals surface area contributed by atoms with Crippen molar-refractivity contribution in [2.45, 2.75) is 6.54 Å². The zero-order valence-corrected chi connectivity index (χ0v) is 21.4. The first-order valence-electron chi connectivity index (χ1n) is 10.7. The molecule has 1 aromatic heterocycles. The number of halogens is 2. The number of barbiturate groups is 1. The van der Waals surface area contributed by atoms with Crippen LogP contribution in [0.25, 0.3) is 6.08 Å². The molecule has 1 aliphatic heterocycles. The summed E-state index contributed by atoms with van der Waals surface area (Å²) in [6.45, 7) is -0.495. The SMILES string of the molecule is COc1cc(/C=C2\C(=O)NC(=O)N(Cc3ccco3)C2=O)cc(I)c1OCC(=O)Nc1ccc(F)cc1. The average molecular weight is 619 g/mol. The zero-order valence-electron chi connectivity index (χ0n) is 19.2. The van der Waals surface area contributed by atoms with Crippen LogP contribution in [0.4, 0.5) is 14.9 Å². The van der Waals surface area contributed by atoms with Gasteiger partial charge in [-0.25, -0.2) is 9.18 Å². The summed E-state index contributed by atoms with van der Waals surface area (Å²) < 4.78 is 29.8. The molecule has 12 heteroatoms. The van der Waals surface area contributed by atoms with Gasteiger partial charge in [0, 0.05) is 5.69 Å². The molecule has 5 amide bonds. The quantitative estimate of drug-likeness (QED) is 0.224. The first-order chi connectivity index (χ1) is 17.7. The summed E-state index contributed by atoms with van der Waals surface area (Å²) in [5.74, 6) is -1.61. The van der Waals surface area contributed by atoms with Crippen LogP contribution in [0.15, 0.2) is 64.8 Å². The van der Waals surface area contributed by atoms with Gasteiger partial charge in [0.15, 0.2) is 18.1 Å². The molecule has 0 bridgehead atoms. The van der Waals surface area contributed by atoms with Crippen LogP contribution in [0, 0.1) is 9.39 Å². The van der Waals surface area contributed by atoms with E-state index in [4.69, 9.17) is 13.9 Å². The number of methoxy groups -OCH3 is 1. The Bertz CT molecular complexity index is 1390. The highest BCUT2D eigenvalue weighted by atomic mass is 127. The minimum atomic E-state index is -0.849. The fraction of sp³-hybridized carbons (Fsp3) is 0.120. The highest BCUT2D eigenvalue weighted by Crippen LogP contribution is 2.35. The van der Waals surface area contributed by atoms with E-state index in [1.54, 1.807) is 18.2 Å². The summed E-state index contributed by atoms with van der Waals surface area (Å²) in [6, 6.07) is 10.8. The number of amides is 5. The van der Waals surface area contributed by atoms with Gasteiger partial charge in [-0.1, -0.05) is 0 Å². The number of urea groups is 1. The predicted molar refractivity (Wildman–Crippen MR) is 137 cm³/mol. The molecule has 190 valence electrons. The molecule has 1 aliphatic rings. The van der Waals surface area contributed by atoms with Gasteiger partial charge in [-0.15, -0.1) is 0 Å². The van der Waals surface area contributed by atoms with Crippen molar-refractivity contribution in [3.63, 3.8) is 0 Å². The Kier molecular flexibility index (Phi) is 7.86. The molecule has 1 saturated heterocycles. The maximum Gasteiger partial charge on any atom is 0.331 e. The van der Waals surface area contributed by atoms with E-state index >= 15 is 0 Å². The van der Waals surface area contributed by atoms with Crippen molar-refractivity contribution in [1.29, 1.82) is 0 Å². The third-order valence-corrected chi connectivity index (χ3v) is 5.92. The topological polar surface area (TPSA) is 127 Å². The van der Waals surface area contributed by atoms with Crippen molar-refractivity contribution in [3.05, 3.63) is 81.1 Å². The fourth-order valence-corrected chi connectivity index (χ4v) is 4.17. The first-order valence-corrected chi connectivity index (χ1v) is 11.8. The van der Waals surface area contributed by atoms with Crippen LogP contribution in [0.5, 0.6) is 11.5 Å². The molecule has 0 spiro atoms. The van der Waals surface area contributed by atoms with Gasteiger partial charge >= 0.3 is 6.03 Å². The molecule has 2 heterocycles. The van der Waals surface area contributed by atoms with Gasteiger partial charge < -0.3 is 19.2 Å². The standard InChI is InChI=1S/C25H19FIN3O7/c1-35-20-11-14(9-18-23(32)29-25(34)30(24(18)33)12-17-3-2-8-36-17)10-19(27)22(20)37-13-21(31)28-16-6-4-15(26)5-7-16/h2-11H,12-13H2,1H3,(H,28,31)(H,29,32,34)/b18-9+. The lowest BCUT2D eigenvalue weighted by molar-refractivity contribution is -0.130. The first kappa shape index (κ1) is 25.9. The molecule has 0 saturated carbocycles. The van der Waals surface area contributed by atoms with Crippen LogP contribution in [0.3, 0.4) is 0 Å². The Morgan fingerprint density at radius 2 is 1.95 bits per heavy atom. The minimum absolute atomic E-state index is 0.143. The van der Waals surface area contributed by atoms with Gasteiger partial charge in [0.05, 0.1) is 23.5 Å². The van der Waals surface area contributed by atoms with E-state index in [9.17, 15) is 23.6 Å². The lowest BCUT2D eigenvalue weighted by Gasteiger charge is -2.25.